The molecule has 0 radical (unpaired) electrons. The maximum atomic E-state index is 11.8. The molecule has 0 atom stereocenters. The van der Waals surface area contributed by atoms with Crippen LogP contribution in [0.15, 0.2) is 42.9 Å². The molecule has 1 amide bonds. The van der Waals surface area contributed by atoms with Gasteiger partial charge in [0.05, 0.1) is 12.2 Å². The Bertz CT molecular complexity index is 579. The summed E-state index contributed by atoms with van der Waals surface area (Å²) < 4.78 is 0. The summed E-state index contributed by atoms with van der Waals surface area (Å²) >= 11 is 0. The zero-order chi connectivity index (χ0) is 13.8. The number of carbonyl (C=O) groups is 1. The van der Waals surface area contributed by atoms with Gasteiger partial charge in [-0.15, -0.1) is 0 Å². The van der Waals surface area contributed by atoms with Crippen molar-refractivity contribution in [3.8, 4) is 0 Å². The summed E-state index contributed by atoms with van der Waals surface area (Å²) in [6, 6.07) is 9.73. The van der Waals surface area contributed by atoms with Crippen molar-refractivity contribution in [3.63, 3.8) is 0 Å². The quantitative estimate of drug-likeness (QED) is 0.870. The molecule has 0 unspecified atom stereocenters. The van der Waals surface area contributed by atoms with E-state index in [4.69, 9.17) is 0 Å². The maximum absolute atomic E-state index is 11.8. The lowest BCUT2D eigenvalue weighted by Crippen LogP contribution is -2.25. The van der Waals surface area contributed by atoms with Crippen molar-refractivity contribution in [1.82, 2.24) is 15.3 Å². The Labute approximate surface area is 117 Å². The number of anilines is 1. The first-order valence-electron chi connectivity index (χ1n) is 6.71. The Kier molecular flexibility index (Phi) is 3.58. The van der Waals surface area contributed by atoms with Gasteiger partial charge in [0, 0.05) is 23.5 Å². The zero-order valence-corrected chi connectivity index (χ0v) is 11.0. The van der Waals surface area contributed by atoms with E-state index in [1.165, 1.54) is 6.33 Å². The van der Waals surface area contributed by atoms with Crippen LogP contribution in [0.3, 0.4) is 0 Å². The van der Waals surface area contributed by atoms with E-state index in [0.717, 1.165) is 24.2 Å². The highest BCUT2D eigenvalue weighted by molar-refractivity contribution is 5.94. The highest BCUT2D eigenvalue weighted by Crippen LogP contribution is 2.19. The van der Waals surface area contributed by atoms with Crippen LogP contribution in [0.1, 0.15) is 28.9 Å². The molecule has 1 aromatic carbocycles. The molecular weight excluding hydrogens is 252 g/mol. The van der Waals surface area contributed by atoms with E-state index < -0.39 is 0 Å². The summed E-state index contributed by atoms with van der Waals surface area (Å²) in [6.45, 7) is 0.635. The second-order valence-electron chi connectivity index (χ2n) is 4.88. The standard InChI is InChI=1S/C15H16N4O/c20-15(19-13-5-6-13)11-1-3-12(4-2-11)17-9-14-7-8-16-10-18-14/h1-4,7-8,10,13,17H,5-6,9H2,(H,19,20). The van der Waals surface area contributed by atoms with E-state index >= 15 is 0 Å². The van der Waals surface area contributed by atoms with Crippen molar-refractivity contribution in [2.45, 2.75) is 25.4 Å². The average Bonchev–Trinajstić information content (AvgIpc) is 3.31. The Balaban J connectivity index is 1.56. The van der Waals surface area contributed by atoms with E-state index in [9.17, 15) is 4.79 Å². The Morgan fingerprint density at radius 1 is 1.20 bits per heavy atom. The first kappa shape index (κ1) is 12.6. The molecule has 1 aromatic heterocycles. The number of carbonyl (C=O) groups excluding carboxylic acids is 1. The minimum absolute atomic E-state index is 0.00912. The fraction of sp³-hybridized carbons (Fsp3) is 0.267. The van der Waals surface area contributed by atoms with Crippen LogP contribution >= 0.6 is 0 Å². The fourth-order valence-electron chi connectivity index (χ4n) is 1.85. The first-order valence-corrected chi connectivity index (χ1v) is 6.71. The molecule has 3 rings (SSSR count). The number of nitrogens with one attached hydrogen (secondary N) is 2. The van der Waals surface area contributed by atoms with Crippen LogP contribution in [-0.2, 0) is 6.54 Å². The summed E-state index contributed by atoms with van der Waals surface area (Å²) in [5, 5.41) is 6.23. The molecule has 1 heterocycles. The van der Waals surface area contributed by atoms with Gasteiger partial charge in [0.15, 0.2) is 0 Å². The number of aromatic nitrogens is 2. The van der Waals surface area contributed by atoms with Gasteiger partial charge in [0.2, 0.25) is 0 Å². The molecular formula is C15H16N4O. The van der Waals surface area contributed by atoms with Crippen molar-refractivity contribution in [2.75, 3.05) is 5.32 Å². The van der Waals surface area contributed by atoms with Crippen LogP contribution in [0, 0.1) is 0 Å². The average molecular weight is 268 g/mol. The lowest BCUT2D eigenvalue weighted by atomic mass is 10.2. The Morgan fingerprint density at radius 3 is 2.65 bits per heavy atom. The molecule has 1 aliphatic rings. The predicted molar refractivity (Wildman–Crippen MR) is 76.3 cm³/mol. The van der Waals surface area contributed by atoms with Crippen LogP contribution in [0.25, 0.3) is 0 Å². The molecule has 5 heteroatoms. The van der Waals surface area contributed by atoms with E-state index in [1.807, 2.05) is 30.3 Å². The third-order valence-electron chi connectivity index (χ3n) is 3.18. The molecule has 0 bridgehead atoms. The lowest BCUT2D eigenvalue weighted by molar-refractivity contribution is 0.0951. The van der Waals surface area contributed by atoms with Crippen molar-refractivity contribution in [1.29, 1.82) is 0 Å². The minimum atomic E-state index is 0.00912. The van der Waals surface area contributed by atoms with Crippen molar-refractivity contribution in [3.05, 3.63) is 54.1 Å². The highest BCUT2D eigenvalue weighted by Gasteiger charge is 2.23. The molecule has 0 spiro atoms. The number of benzene rings is 1. The van der Waals surface area contributed by atoms with Crippen LogP contribution in [0.2, 0.25) is 0 Å². The van der Waals surface area contributed by atoms with E-state index in [-0.39, 0.29) is 5.91 Å². The van der Waals surface area contributed by atoms with Gasteiger partial charge >= 0.3 is 0 Å². The largest absolute Gasteiger partial charge is 0.379 e. The fourth-order valence-corrected chi connectivity index (χ4v) is 1.85. The molecule has 2 aromatic rings. The third-order valence-corrected chi connectivity index (χ3v) is 3.18. The third kappa shape index (κ3) is 3.32. The molecule has 5 nitrogen and oxygen atoms in total. The van der Waals surface area contributed by atoms with E-state index in [2.05, 4.69) is 20.6 Å². The van der Waals surface area contributed by atoms with E-state index in [0.29, 0.717) is 18.2 Å². The van der Waals surface area contributed by atoms with Crippen molar-refractivity contribution < 1.29 is 4.79 Å². The molecule has 0 aliphatic heterocycles. The van der Waals surface area contributed by atoms with Crippen LogP contribution in [-0.4, -0.2) is 21.9 Å². The minimum Gasteiger partial charge on any atom is -0.379 e. The summed E-state index contributed by atoms with van der Waals surface area (Å²) in [6.07, 6.45) is 5.45. The monoisotopic (exact) mass is 268 g/mol. The summed E-state index contributed by atoms with van der Waals surface area (Å²) in [7, 11) is 0. The molecule has 1 saturated carbocycles. The SMILES string of the molecule is O=C(NC1CC1)c1ccc(NCc2ccncn2)cc1. The lowest BCUT2D eigenvalue weighted by Gasteiger charge is -2.07. The molecule has 102 valence electrons. The van der Waals surface area contributed by atoms with Gasteiger partial charge in [0.1, 0.15) is 6.33 Å². The second kappa shape index (κ2) is 5.69. The number of hydrogen-bond acceptors (Lipinski definition) is 4. The maximum Gasteiger partial charge on any atom is 0.251 e. The molecule has 1 fully saturated rings. The molecule has 1 aliphatic carbocycles. The van der Waals surface area contributed by atoms with Gasteiger partial charge in [-0.25, -0.2) is 9.97 Å². The summed E-state index contributed by atoms with van der Waals surface area (Å²) in [5.41, 5.74) is 2.59. The predicted octanol–water partition coefficient (Wildman–Crippen LogP) is 1.98. The number of hydrogen-bond donors (Lipinski definition) is 2. The zero-order valence-electron chi connectivity index (χ0n) is 11.0. The Morgan fingerprint density at radius 2 is 2.00 bits per heavy atom. The smallest absolute Gasteiger partial charge is 0.251 e. The van der Waals surface area contributed by atoms with Crippen LogP contribution in [0.4, 0.5) is 5.69 Å². The second-order valence-corrected chi connectivity index (χ2v) is 4.88. The van der Waals surface area contributed by atoms with Crippen LogP contribution < -0.4 is 10.6 Å². The topological polar surface area (TPSA) is 66.9 Å². The summed E-state index contributed by atoms with van der Waals surface area (Å²) in [4.78, 5) is 19.9. The highest BCUT2D eigenvalue weighted by atomic mass is 16.1. The van der Waals surface area contributed by atoms with Gasteiger partial charge in [-0.1, -0.05) is 0 Å². The normalized spacial score (nSPS) is 13.8. The Hall–Kier alpha value is -2.43. The van der Waals surface area contributed by atoms with Crippen molar-refractivity contribution in [2.24, 2.45) is 0 Å². The van der Waals surface area contributed by atoms with Gasteiger partial charge < -0.3 is 10.6 Å². The van der Waals surface area contributed by atoms with E-state index in [1.54, 1.807) is 6.20 Å². The molecule has 20 heavy (non-hydrogen) atoms. The number of rotatable bonds is 5. The van der Waals surface area contributed by atoms with Gasteiger partial charge in [-0.05, 0) is 43.2 Å². The number of amides is 1. The van der Waals surface area contributed by atoms with Crippen molar-refractivity contribution >= 4 is 11.6 Å². The van der Waals surface area contributed by atoms with Gasteiger partial charge in [0.25, 0.3) is 5.91 Å². The van der Waals surface area contributed by atoms with Gasteiger partial charge in [-0.3, -0.25) is 4.79 Å². The molecule has 0 saturated heterocycles. The summed E-state index contributed by atoms with van der Waals surface area (Å²) in [5.74, 6) is 0.00912. The van der Waals surface area contributed by atoms with Crippen LogP contribution in [0.5, 0.6) is 0 Å². The first-order chi connectivity index (χ1) is 9.81. The molecule has 2 N–H and O–H groups in total. The number of nitrogens with zero attached hydrogens (tertiary/aromatic N) is 2. The van der Waals surface area contributed by atoms with Gasteiger partial charge in [-0.2, -0.15) is 0 Å².